The average molecular weight is 1190 g/mol. The lowest BCUT2D eigenvalue weighted by atomic mass is 9.66. The van der Waals surface area contributed by atoms with Gasteiger partial charge in [0.25, 0.3) is 0 Å². The maximum absolute atomic E-state index is 10.3. The van der Waals surface area contributed by atoms with Crippen molar-refractivity contribution in [2.45, 2.75) is 5.41 Å². The van der Waals surface area contributed by atoms with E-state index >= 15 is 0 Å². The van der Waals surface area contributed by atoms with Crippen molar-refractivity contribution < 1.29 is 4.74 Å². The molecule has 1 atom stereocenters. The third-order valence-corrected chi connectivity index (χ3v) is 20.1. The molecular weight excluding hydrogens is 1140 g/mol. The van der Waals surface area contributed by atoms with Crippen molar-refractivity contribution in [2.24, 2.45) is 0 Å². The topological polar surface area (TPSA) is 96.3 Å². The first kappa shape index (κ1) is 50.1. The minimum atomic E-state index is -1.14. The summed E-state index contributed by atoms with van der Waals surface area (Å²) in [7, 11) is 0. The fourth-order valence-corrected chi connectivity index (χ4v) is 16.4. The lowest BCUT2D eigenvalue weighted by molar-refractivity contribution is 0.436. The van der Waals surface area contributed by atoms with Gasteiger partial charge in [0, 0.05) is 99.4 Å². The monoisotopic (exact) mass is 1190 g/mol. The number of ether oxygens (including phenoxy) is 1. The molecule has 1 spiro atoms. The van der Waals surface area contributed by atoms with E-state index in [1.807, 2.05) is 36.9 Å². The van der Waals surface area contributed by atoms with E-state index in [2.05, 4.69) is 278 Å². The molecule has 0 saturated heterocycles. The zero-order valence-electron chi connectivity index (χ0n) is 49.6. The summed E-state index contributed by atoms with van der Waals surface area (Å²) in [6.45, 7) is 0. The van der Waals surface area contributed by atoms with Crippen LogP contribution in [0.2, 0.25) is 0 Å². The van der Waals surface area contributed by atoms with Crippen LogP contribution in [0.15, 0.2) is 286 Å². The Hall–Kier alpha value is -12.8. The van der Waals surface area contributed by atoms with Gasteiger partial charge in [-0.25, -0.2) is 0 Å². The molecule has 1 aliphatic heterocycles. The summed E-state index contributed by atoms with van der Waals surface area (Å²) in [6, 6.07) is 96.2. The summed E-state index contributed by atoms with van der Waals surface area (Å²) in [6.07, 6.45) is 7.88. The van der Waals surface area contributed by atoms with Gasteiger partial charge >= 0.3 is 0 Å². The fraction of sp³-hybridized carbons (Fsp3) is 0.0120. The van der Waals surface area contributed by atoms with Gasteiger partial charge in [-0.2, -0.15) is 5.26 Å². The van der Waals surface area contributed by atoms with Gasteiger partial charge in [-0.05, 0) is 133 Å². The van der Waals surface area contributed by atoms with E-state index in [4.69, 9.17) is 19.7 Å². The third kappa shape index (κ3) is 6.60. The molecule has 10 heteroatoms. The van der Waals surface area contributed by atoms with Gasteiger partial charge in [0.1, 0.15) is 11.5 Å². The molecule has 93 heavy (non-hydrogen) atoms. The van der Waals surface area contributed by atoms with Gasteiger partial charge in [-0.1, -0.05) is 127 Å². The molecule has 0 fully saturated rings. The van der Waals surface area contributed by atoms with Crippen LogP contribution in [0.3, 0.4) is 0 Å². The number of nitriles is 1. The van der Waals surface area contributed by atoms with Crippen LogP contribution in [-0.4, -0.2) is 37.8 Å². The van der Waals surface area contributed by atoms with E-state index in [0.717, 1.165) is 172 Å². The van der Waals surface area contributed by atoms with Crippen molar-refractivity contribution in [1.29, 1.82) is 5.26 Å². The molecule has 9 heterocycles. The van der Waals surface area contributed by atoms with Crippen LogP contribution in [0.1, 0.15) is 27.8 Å². The van der Waals surface area contributed by atoms with Crippen molar-refractivity contribution >= 4 is 109 Å². The second-order valence-corrected chi connectivity index (χ2v) is 24.6. The van der Waals surface area contributed by atoms with E-state index in [1.165, 1.54) is 10.8 Å². The molecule has 0 radical (unpaired) electrons. The van der Waals surface area contributed by atoms with Gasteiger partial charge < -0.3 is 27.6 Å². The van der Waals surface area contributed by atoms with Crippen LogP contribution < -0.4 is 4.74 Å². The van der Waals surface area contributed by atoms with Gasteiger partial charge in [-0.15, -0.1) is 0 Å². The number of hydrogen-bond donors (Lipinski definition) is 0. The Bertz CT molecular complexity index is 6420. The maximum atomic E-state index is 10.3. The summed E-state index contributed by atoms with van der Waals surface area (Å²) in [5.74, 6) is 1.45. The number of benzene rings is 11. The van der Waals surface area contributed by atoms with E-state index in [9.17, 15) is 5.26 Å². The Labute approximate surface area is 530 Å². The summed E-state index contributed by atoms with van der Waals surface area (Å²) >= 11 is 0. The van der Waals surface area contributed by atoms with Crippen molar-refractivity contribution in [3.05, 3.63) is 313 Å². The van der Waals surface area contributed by atoms with Crippen LogP contribution in [0.5, 0.6) is 11.5 Å². The average Bonchev–Trinajstić information content (AvgIpc) is 1.57. The number of aromatic nitrogens is 8. The highest BCUT2D eigenvalue weighted by Crippen LogP contribution is 2.63. The molecule has 0 amide bonds. The quantitative estimate of drug-likeness (QED) is 0.171. The van der Waals surface area contributed by atoms with Gasteiger partial charge in [0.05, 0.1) is 114 Å². The number of pyridine rings is 3. The van der Waals surface area contributed by atoms with Gasteiger partial charge in [0.2, 0.25) is 0 Å². The number of nitrogens with zero attached hydrogens (tertiary/aromatic N) is 9. The standard InChI is InChI=1S/C83H47N9O/c84-45-49-29-33-76-63(39-49)60-20-6-14-28-75(60)92(76)54-44-68-82(87-47-54)81-67(43-53(46-86-81)91-72-25-11-3-17-57(72)58-18-4-12-26-73(58)91)83(68)65-41-51(31-35-79(65)93-80-36-32-52(42-66(80)83)90-71-24-10-5-19-59(71)62-37-38-85-48-78(62)90)89-74-27-13-7-21-61(74)64-40-50(30-34-77(64)89)88-69-22-8-1-15-55(69)56-16-2-9-23-70(56)88/h1-44,46-48H. The normalized spacial score (nSPS) is 14.1. The molecule has 0 N–H and O–H groups in total. The molecule has 2 aliphatic rings. The molecule has 19 aromatic rings. The first-order valence-corrected chi connectivity index (χ1v) is 31.4. The minimum Gasteiger partial charge on any atom is -0.457 e. The molecule has 21 rings (SSSR count). The maximum Gasteiger partial charge on any atom is 0.132 e. The van der Waals surface area contributed by atoms with Crippen LogP contribution >= 0.6 is 0 Å². The van der Waals surface area contributed by atoms with Gasteiger partial charge in [0.15, 0.2) is 0 Å². The highest BCUT2D eigenvalue weighted by atomic mass is 16.5. The summed E-state index contributed by atoms with van der Waals surface area (Å²) < 4.78 is 19.3. The molecule has 1 aliphatic carbocycles. The predicted molar refractivity (Wildman–Crippen MR) is 374 cm³/mol. The Kier molecular flexibility index (Phi) is 9.90. The summed E-state index contributed by atoms with van der Waals surface area (Å²) in [4.78, 5) is 16.1. The van der Waals surface area contributed by atoms with E-state index in [0.29, 0.717) is 5.56 Å². The number of hydrogen-bond acceptors (Lipinski definition) is 5. The minimum absolute atomic E-state index is 0.602. The van der Waals surface area contributed by atoms with Crippen LogP contribution in [0, 0.1) is 11.3 Å². The molecule has 8 aromatic heterocycles. The molecule has 0 bridgehead atoms. The van der Waals surface area contributed by atoms with Crippen LogP contribution in [-0.2, 0) is 5.41 Å². The Morgan fingerprint density at radius 3 is 1.06 bits per heavy atom. The fourth-order valence-electron chi connectivity index (χ4n) is 16.4. The van der Waals surface area contributed by atoms with E-state index in [1.54, 1.807) is 0 Å². The summed E-state index contributed by atoms with van der Waals surface area (Å²) in [5.41, 5.74) is 20.4. The highest BCUT2D eigenvalue weighted by Gasteiger charge is 2.54. The van der Waals surface area contributed by atoms with Crippen molar-refractivity contribution in [3.63, 3.8) is 0 Å². The SMILES string of the molecule is N#Cc1ccc2c(c1)c1ccccc1n2-c1cnc2c(c1)C1(c3cc(-n4c5ccccc5c5cc(-n6c7ccccc7c7ccccc76)ccc54)ccc3Oc3ccc(-n4c5ccccc5c5ccncc54)cc31)c1cc(-n3c4ccccc4c4ccccc43)cnc1-2. The largest absolute Gasteiger partial charge is 0.457 e. The van der Waals surface area contributed by atoms with Crippen molar-refractivity contribution in [2.75, 3.05) is 0 Å². The molecule has 10 nitrogen and oxygen atoms in total. The number of rotatable bonds is 5. The smallest absolute Gasteiger partial charge is 0.132 e. The van der Waals surface area contributed by atoms with Crippen LogP contribution in [0.25, 0.3) is 149 Å². The first-order chi connectivity index (χ1) is 46.1. The highest BCUT2D eigenvalue weighted by molar-refractivity contribution is 6.14. The van der Waals surface area contributed by atoms with E-state index in [-0.39, 0.29) is 0 Å². The summed E-state index contributed by atoms with van der Waals surface area (Å²) in [5, 5.41) is 21.6. The third-order valence-electron chi connectivity index (χ3n) is 20.1. The second kappa shape index (κ2) is 18.4. The molecular formula is C83H47N9O. The number of fused-ring (bicyclic) bond motifs is 24. The van der Waals surface area contributed by atoms with Gasteiger partial charge in [-0.3, -0.25) is 15.0 Å². The predicted octanol–water partition coefficient (Wildman–Crippen LogP) is 19.7. The van der Waals surface area contributed by atoms with Crippen molar-refractivity contribution in [1.82, 2.24) is 37.8 Å². The lowest BCUT2D eigenvalue weighted by Crippen LogP contribution is -2.33. The molecule has 430 valence electrons. The molecule has 1 unspecified atom stereocenters. The Morgan fingerprint density at radius 1 is 0.290 bits per heavy atom. The van der Waals surface area contributed by atoms with Crippen LogP contribution in [0.4, 0.5) is 0 Å². The number of para-hydroxylation sites is 7. The first-order valence-electron chi connectivity index (χ1n) is 31.4. The lowest BCUT2D eigenvalue weighted by Gasteiger charge is -2.39. The zero-order chi connectivity index (χ0) is 60.8. The molecule has 0 saturated carbocycles. The van der Waals surface area contributed by atoms with E-state index < -0.39 is 5.41 Å². The van der Waals surface area contributed by atoms with Crippen molar-refractivity contribution in [3.8, 4) is 57.4 Å². The molecule has 11 aromatic carbocycles. The Morgan fingerprint density at radius 2 is 0.624 bits per heavy atom. The Balaban J connectivity index is 0.884. The zero-order valence-corrected chi connectivity index (χ0v) is 49.6. The second-order valence-electron chi connectivity index (χ2n) is 24.6.